The Morgan fingerprint density at radius 1 is 1.00 bits per heavy atom. The normalized spacial score (nSPS) is 12.7. The molecule has 0 saturated carbocycles. The second-order valence-electron chi connectivity index (χ2n) is 6.24. The minimum absolute atomic E-state index is 0.232. The fourth-order valence-corrected chi connectivity index (χ4v) is 4.52. The summed E-state index contributed by atoms with van der Waals surface area (Å²) in [5.74, 6) is 1.40. The lowest BCUT2D eigenvalue weighted by Gasteiger charge is -2.18. The molecule has 0 fully saturated rings. The predicted molar refractivity (Wildman–Crippen MR) is 98.9 cm³/mol. The third-order valence-corrected chi connectivity index (χ3v) is 5.68. The summed E-state index contributed by atoms with van der Waals surface area (Å²) >= 11 is 0. The Balaban J connectivity index is 2.04. The molecule has 2 aromatic carbocycles. The van der Waals surface area contributed by atoms with E-state index in [4.69, 9.17) is 9.47 Å². The molecule has 0 aromatic heterocycles. The minimum atomic E-state index is -3.60. The zero-order valence-corrected chi connectivity index (χ0v) is 16.1. The van der Waals surface area contributed by atoms with Gasteiger partial charge in [0.2, 0.25) is 10.0 Å². The summed E-state index contributed by atoms with van der Waals surface area (Å²) in [6, 6.07) is 10.5. The first-order valence-electron chi connectivity index (χ1n) is 8.10. The maximum absolute atomic E-state index is 12.7. The SMILES string of the molecule is COc1ccc(OCC(C)NS(=O)(=O)c2c(C)cc(C)cc2C)cc1. The van der Waals surface area contributed by atoms with E-state index in [1.54, 1.807) is 38.3 Å². The van der Waals surface area contributed by atoms with Gasteiger partial charge in [-0.2, -0.15) is 0 Å². The molecule has 0 aliphatic heterocycles. The lowest BCUT2D eigenvalue weighted by molar-refractivity contribution is 0.287. The monoisotopic (exact) mass is 363 g/mol. The molecule has 1 atom stereocenters. The second kappa shape index (κ2) is 7.89. The first-order valence-corrected chi connectivity index (χ1v) is 9.58. The van der Waals surface area contributed by atoms with E-state index in [1.807, 2.05) is 32.9 Å². The molecule has 0 bridgehead atoms. The van der Waals surface area contributed by atoms with Crippen molar-refractivity contribution in [3.8, 4) is 11.5 Å². The number of ether oxygens (including phenoxy) is 2. The fraction of sp³-hybridized carbons (Fsp3) is 0.368. The van der Waals surface area contributed by atoms with Crippen LogP contribution in [0.15, 0.2) is 41.3 Å². The van der Waals surface area contributed by atoms with Crippen LogP contribution in [0, 0.1) is 20.8 Å². The van der Waals surface area contributed by atoms with Crippen LogP contribution in [0.25, 0.3) is 0 Å². The van der Waals surface area contributed by atoms with Gasteiger partial charge in [0, 0.05) is 0 Å². The molecule has 136 valence electrons. The van der Waals surface area contributed by atoms with Gasteiger partial charge in [0.15, 0.2) is 0 Å². The third-order valence-electron chi connectivity index (χ3n) is 3.79. The molecule has 0 aliphatic carbocycles. The first-order chi connectivity index (χ1) is 11.7. The van der Waals surface area contributed by atoms with Crippen LogP contribution in [0.2, 0.25) is 0 Å². The Kier molecular flexibility index (Phi) is 6.08. The summed E-state index contributed by atoms with van der Waals surface area (Å²) in [5, 5.41) is 0. The van der Waals surface area contributed by atoms with Crippen LogP contribution in [0.4, 0.5) is 0 Å². The van der Waals surface area contributed by atoms with E-state index in [0.29, 0.717) is 10.6 Å². The van der Waals surface area contributed by atoms with E-state index < -0.39 is 10.0 Å². The van der Waals surface area contributed by atoms with Crippen LogP contribution in [-0.2, 0) is 10.0 Å². The molecule has 0 radical (unpaired) electrons. The van der Waals surface area contributed by atoms with Gasteiger partial charge in [-0.1, -0.05) is 17.7 Å². The van der Waals surface area contributed by atoms with Crippen molar-refractivity contribution < 1.29 is 17.9 Å². The number of hydrogen-bond acceptors (Lipinski definition) is 4. The largest absolute Gasteiger partial charge is 0.497 e. The van der Waals surface area contributed by atoms with Crippen LogP contribution in [0.3, 0.4) is 0 Å². The van der Waals surface area contributed by atoms with Gasteiger partial charge >= 0.3 is 0 Å². The average Bonchev–Trinajstić information content (AvgIpc) is 2.51. The molecule has 2 rings (SSSR count). The topological polar surface area (TPSA) is 64.6 Å². The van der Waals surface area contributed by atoms with Crippen LogP contribution < -0.4 is 14.2 Å². The number of rotatable bonds is 7. The summed E-state index contributed by atoms with van der Waals surface area (Å²) in [7, 11) is -2.00. The summed E-state index contributed by atoms with van der Waals surface area (Å²) in [5.41, 5.74) is 2.53. The Bertz CT molecular complexity index is 806. The summed E-state index contributed by atoms with van der Waals surface area (Å²) in [6.07, 6.45) is 0. The smallest absolute Gasteiger partial charge is 0.241 e. The van der Waals surface area contributed by atoms with Crippen LogP contribution in [-0.4, -0.2) is 28.2 Å². The number of sulfonamides is 1. The van der Waals surface area contributed by atoms with Gasteiger partial charge in [0.25, 0.3) is 0 Å². The van der Waals surface area contributed by atoms with Crippen molar-refractivity contribution in [2.75, 3.05) is 13.7 Å². The van der Waals surface area contributed by atoms with Crippen molar-refractivity contribution in [1.29, 1.82) is 0 Å². The number of benzene rings is 2. The molecule has 0 aliphatic rings. The maximum atomic E-state index is 12.7. The molecule has 25 heavy (non-hydrogen) atoms. The quantitative estimate of drug-likeness (QED) is 0.819. The van der Waals surface area contributed by atoms with E-state index in [-0.39, 0.29) is 12.6 Å². The highest BCUT2D eigenvalue weighted by Crippen LogP contribution is 2.22. The number of aryl methyl sites for hydroxylation is 3. The summed E-state index contributed by atoms with van der Waals surface area (Å²) in [4.78, 5) is 0.342. The first kappa shape index (κ1) is 19.3. The molecule has 2 aromatic rings. The summed E-state index contributed by atoms with van der Waals surface area (Å²) < 4.78 is 38.8. The van der Waals surface area contributed by atoms with Gasteiger partial charge in [-0.3, -0.25) is 0 Å². The van der Waals surface area contributed by atoms with Crippen LogP contribution in [0.1, 0.15) is 23.6 Å². The molecule has 6 heteroatoms. The zero-order chi connectivity index (χ0) is 18.6. The maximum Gasteiger partial charge on any atom is 0.241 e. The van der Waals surface area contributed by atoms with E-state index in [1.165, 1.54) is 0 Å². The average molecular weight is 363 g/mol. The van der Waals surface area contributed by atoms with Gasteiger partial charge in [-0.05, 0) is 63.1 Å². The van der Waals surface area contributed by atoms with Gasteiger partial charge in [-0.15, -0.1) is 0 Å². The number of nitrogens with one attached hydrogen (secondary N) is 1. The Morgan fingerprint density at radius 2 is 1.52 bits per heavy atom. The third kappa shape index (κ3) is 4.96. The summed E-state index contributed by atoms with van der Waals surface area (Å²) in [6.45, 7) is 7.59. The van der Waals surface area contributed by atoms with Crippen LogP contribution >= 0.6 is 0 Å². The number of methoxy groups -OCH3 is 1. The highest BCUT2D eigenvalue weighted by molar-refractivity contribution is 7.89. The fourth-order valence-electron chi connectivity index (χ4n) is 2.84. The predicted octanol–water partition coefficient (Wildman–Crippen LogP) is 3.37. The van der Waals surface area contributed by atoms with Crippen molar-refractivity contribution >= 4 is 10.0 Å². The molecule has 0 amide bonds. The molecule has 1 unspecified atom stereocenters. The van der Waals surface area contributed by atoms with Crippen LogP contribution in [0.5, 0.6) is 11.5 Å². The molecular formula is C19H25NO4S. The van der Waals surface area contributed by atoms with Gasteiger partial charge < -0.3 is 9.47 Å². The van der Waals surface area contributed by atoms with Crippen molar-refractivity contribution in [2.45, 2.75) is 38.6 Å². The lowest BCUT2D eigenvalue weighted by Crippen LogP contribution is -2.37. The van der Waals surface area contributed by atoms with Crippen molar-refractivity contribution in [3.63, 3.8) is 0 Å². The second-order valence-corrected chi connectivity index (χ2v) is 7.89. The van der Waals surface area contributed by atoms with E-state index in [2.05, 4.69) is 4.72 Å². The standard InChI is InChI=1S/C19H25NO4S/c1-13-10-14(2)19(15(3)11-13)25(21,22)20-16(4)12-24-18-8-6-17(23-5)7-9-18/h6-11,16,20H,12H2,1-5H3. The van der Waals surface area contributed by atoms with Crippen molar-refractivity contribution in [2.24, 2.45) is 0 Å². The van der Waals surface area contributed by atoms with Gasteiger partial charge in [0.1, 0.15) is 18.1 Å². The van der Waals surface area contributed by atoms with E-state index >= 15 is 0 Å². The van der Waals surface area contributed by atoms with Crippen molar-refractivity contribution in [3.05, 3.63) is 53.1 Å². The van der Waals surface area contributed by atoms with E-state index in [0.717, 1.165) is 22.4 Å². The molecule has 0 saturated heterocycles. The Morgan fingerprint density at radius 3 is 2.04 bits per heavy atom. The molecule has 5 nitrogen and oxygen atoms in total. The number of hydrogen-bond donors (Lipinski definition) is 1. The highest BCUT2D eigenvalue weighted by Gasteiger charge is 2.22. The molecule has 0 spiro atoms. The van der Waals surface area contributed by atoms with Gasteiger partial charge in [0.05, 0.1) is 18.0 Å². The minimum Gasteiger partial charge on any atom is -0.497 e. The van der Waals surface area contributed by atoms with Gasteiger partial charge in [-0.25, -0.2) is 13.1 Å². The highest BCUT2D eigenvalue weighted by atomic mass is 32.2. The molecule has 0 heterocycles. The molecular weight excluding hydrogens is 338 g/mol. The Labute approximate surface area is 150 Å². The Hall–Kier alpha value is -2.05. The van der Waals surface area contributed by atoms with E-state index in [9.17, 15) is 8.42 Å². The van der Waals surface area contributed by atoms with Crippen molar-refractivity contribution in [1.82, 2.24) is 4.72 Å². The zero-order valence-electron chi connectivity index (χ0n) is 15.3. The lowest BCUT2D eigenvalue weighted by atomic mass is 10.1. The molecule has 1 N–H and O–H groups in total.